The van der Waals surface area contributed by atoms with Gasteiger partial charge < -0.3 is 14.2 Å². The third-order valence-corrected chi connectivity index (χ3v) is 11.0. The van der Waals surface area contributed by atoms with E-state index in [1.807, 2.05) is 0 Å². The zero-order valence-corrected chi connectivity index (χ0v) is 40.2. The van der Waals surface area contributed by atoms with Gasteiger partial charge in [-0.1, -0.05) is 197 Å². The molecule has 6 heteroatoms. The van der Waals surface area contributed by atoms with E-state index in [1.165, 1.54) is 103 Å². The number of esters is 3. The summed E-state index contributed by atoms with van der Waals surface area (Å²) in [4.78, 5) is 37.9. The number of rotatable bonds is 46. The van der Waals surface area contributed by atoms with Crippen LogP contribution in [0.5, 0.6) is 0 Å². The van der Waals surface area contributed by atoms with E-state index in [0.29, 0.717) is 19.3 Å². The third kappa shape index (κ3) is 48.0. The molecule has 1 atom stereocenters. The lowest BCUT2D eigenvalue weighted by Crippen LogP contribution is -2.30. The highest BCUT2D eigenvalue weighted by Gasteiger charge is 2.19. The van der Waals surface area contributed by atoms with Gasteiger partial charge in [0, 0.05) is 19.3 Å². The lowest BCUT2D eigenvalue weighted by atomic mass is 10.1. The molecule has 0 fully saturated rings. The van der Waals surface area contributed by atoms with E-state index in [4.69, 9.17) is 14.2 Å². The maximum Gasteiger partial charge on any atom is 0.306 e. The highest BCUT2D eigenvalue weighted by atomic mass is 16.6. The van der Waals surface area contributed by atoms with Gasteiger partial charge in [-0.25, -0.2) is 0 Å². The molecule has 1 unspecified atom stereocenters. The fraction of sp³-hybridized carbons (Fsp3) is 0.764. The minimum absolute atomic E-state index is 0.0852. The molecule has 0 radical (unpaired) electrons. The van der Waals surface area contributed by atoms with Crippen molar-refractivity contribution in [3.63, 3.8) is 0 Å². The molecular formula is C55H96O6. The van der Waals surface area contributed by atoms with Crippen LogP contribution in [0.15, 0.2) is 60.8 Å². The summed E-state index contributed by atoms with van der Waals surface area (Å²) < 4.78 is 16.8. The summed E-state index contributed by atoms with van der Waals surface area (Å²) in [7, 11) is 0. The number of allylic oxidation sites excluding steroid dienone is 10. The SMILES string of the molecule is CC/C=C\C/C=C\C/C=C\CCCCCCCCC(=O)OC(COC(=O)CCCCCC/C=C\CCCC)COC(=O)CCCCCCCCC/C=C\CCCCCCCC. The van der Waals surface area contributed by atoms with Crippen LogP contribution in [0, 0.1) is 0 Å². The minimum Gasteiger partial charge on any atom is -0.462 e. The second-order valence-electron chi connectivity index (χ2n) is 17.0. The molecule has 0 saturated heterocycles. The summed E-state index contributed by atoms with van der Waals surface area (Å²) in [5, 5.41) is 0. The van der Waals surface area contributed by atoms with E-state index >= 15 is 0 Å². The molecule has 0 N–H and O–H groups in total. The van der Waals surface area contributed by atoms with Gasteiger partial charge in [0.15, 0.2) is 6.10 Å². The Kier molecular flexibility index (Phi) is 47.4. The predicted molar refractivity (Wildman–Crippen MR) is 261 cm³/mol. The molecule has 0 heterocycles. The van der Waals surface area contributed by atoms with E-state index in [2.05, 4.69) is 81.5 Å². The summed E-state index contributed by atoms with van der Waals surface area (Å²) in [5.41, 5.74) is 0. The Morgan fingerprint density at radius 1 is 0.344 bits per heavy atom. The minimum atomic E-state index is -0.785. The first kappa shape index (κ1) is 58.1. The fourth-order valence-electron chi connectivity index (χ4n) is 7.08. The van der Waals surface area contributed by atoms with Crippen LogP contribution in [0.3, 0.4) is 0 Å². The molecule has 0 aliphatic rings. The Morgan fingerprint density at radius 2 is 0.656 bits per heavy atom. The number of unbranched alkanes of at least 4 members (excludes halogenated alkanes) is 25. The van der Waals surface area contributed by atoms with E-state index in [-0.39, 0.29) is 31.1 Å². The fourth-order valence-corrected chi connectivity index (χ4v) is 7.08. The van der Waals surface area contributed by atoms with Crippen molar-refractivity contribution in [2.24, 2.45) is 0 Å². The molecular weight excluding hydrogens is 757 g/mol. The van der Waals surface area contributed by atoms with Crippen LogP contribution < -0.4 is 0 Å². The Hall–Kier alpha value is -2.89. The van der Waals surface area contributed by atoms with Gasteiger partial charge in [0.05, 0.1) is 0 Å². The molecule has 0 aliphatic heterocycles. The summed E-state index contributed by atoms with van der Waals surface area (Å²) in [6.45, 7) is 6.46. The lowest BCUT2D eigenvalue weighted by Gasteiger charge is -2.18. The van der Waals surface area contributed by atoms with Crippen LogP contribution in [-0.2, 0) is 28.6 Å². The summed E-state index contributed by atoms with van der Waals surface area (Å²) in [6, 6.07) is 0. The zero-order valence-electron chi connectivity index (χ0n) is 40.2. The number of carbonyl (C=O) groups excluding carboxylic acids is 3. The maximum absolute atomic E-state index is 12.8. The van der Waals surface area contributed by atoms with Crippen LogP contribution >= 0.6 is 0 Å². The Labute approximate surface area is 377 Å². The monoisotopic (exact) mass is 853 g/mol. The molecule has 352 valence electrons. The molecule has 6 nitrogen and oxygen atoms in total. The maximum atomic E-state index is 12.8. The average molecular weight is 853 g/mol. The summed E-state index contributed by atoms with van der Waals surface area (Å²) in [6.07, 6.45) is 60.6. The second-order valence-corrected chi connectivity index (χ2v) is 17.0. The van der Waals surface area contributed by atoms with Gasteiger partial charge in [-0.15, -0.1) is 0 Å². The second kappa shape index (κ2) is 49.8. The molecule has 0 rings (SSSR count). The van der Waals surface area contributed by atoms with Crippen LogP contribution in [0.25, 0.3) is 0 Å². The van der Waals surface area contributed by atoms with Gasteiger partial charge in [0.1, 0.15) is 13.2 Å². The average Bonchev–Trinajstić information content (AvgIpc) is 3.26. The van der Waals surface area contributed by atoms with Crippen molar-refractivity contribution in [3.05, 3.63) is 60.8 Å². The molecule has 0 amide bonds. The first-order valence-electron chi connectivity index (χ1n) is 25.8. The summed E-state index contributed by atoms with van der Waals surface area (Å²) >= 11 is 0. The van der Waals surface area contributed by atoms with Crippen LogP contribution in [-0.4, -0.2) is 37.2 Å². The predicted octanol–water partition coefficient (Wildman–Crippen LogP) is 16.9. The van der Waals surface area contributed by atoms with Crippen molar-refractivity contribution < 1.29 is 28.6 Å². The first-order chi connectivity index (χ1) is 30.0. The van der Waals surface area contributed by atoms with Crippen LogP contribution in [0.1, 0.15) is 252 Å². The number of hydrogen-bond acceptors (Lipinski definition) is 6. The van der Waals surface area contributed by atoms with Gasteiger partial charge in [-0.05, 0) is 96.3 Å². The van der Waals surface area contributed by atoms with Crippen molar-refractivity contribution in [2.75, 3.05) is 13.2 Å². The largest absolute Gasteiger partial charge is 0.462 e. The highest BCUT2D eigenvalue weighted by molar-refractivity contribution is 5.71. The Balaban J connectivity index is 4.37. The van der Waals surface area contributed by atoms with Gasteiger partial charge in [-0.2, -0.15) is 0 Å². The van der Waals surface area contributed by atoms with Gasteiger partial charge in [0.25, 0.3) is 0 Å². The molecule has 0 aromatic carbocycles. The van der Waals surface area contributed by atoms with Crippen LogP contribution in [0.4, 0.5) is 0 Å². The first-order valence-corrected chi connectivity index (χ1v) is 25.8. The Morgan fingerprint density at radius 3 is 1.07 bits per heavy atom. The molecule has 0 bridgehead atoms. The molecule has 0 spiro atoms. The normalized spacial score (nSPS) is 12.5. The van der Waals surface area contributed by atoms with Crippen molar-refractivity contribution in [1.82, 2.24) is 0 Å². The third-order valence-electron chi connectivity index (χ3n) is 11.0. The van der Waals surface area contributed by atoms with Crippen LogP contribution in [0.2, 0.25) is 0 Å². The molecule has 61 heavy (non-hydrogen) atoms. The number of carbonyl (C=O) groups is 3. The standard InChI is InChI=1S/C55H96O6/c1-4-7-10-13-16-19-22-24-26-28-30-31-33-36-39-42-45-48-54(57)60-51-52(50-59-53(56)47-44-41-38-35-21-18-15-12-9-6-3)61-55(58)49-46-43-40-37-34-32-29-27-25-23-20-17-14-11-8-5-2/h8,11,15,17-18,20,24-27,52H,4-7,9-10,12-14,16,19,21-23,28-51H2,1-3H3/b11-8-,18-15-,20-17-,26-24-,27-25-. The summed E-state index contributed by atoms with van der Waals surface area (Å²) in [5.74, 6) is -0.914. The number of ether oxygens (including phenoxy) is 3. The Bertz CT molecular complexity index is 1120. The molecule has 0 aliphatic carbocycles. The van der Waals surface area contributed by atoms with Gasteiger partial charge in [-0.3, -0.25) is 14.4 Å². The van der Waals surface area contributed by atoms with Crippen molar-refractivity contribution in [1.29, 1.82) is 0 Å². The molecule has 0 aromatic heterocycles. The topological polar surface area (TPSA) is 78.9 Å². The van der Waals surface area contributed by atoms with Gasteiger partial charge in [0.2, 0.25) is 0 Å². The molecule has 0 aromatic rings. The van der Waals surface area contributed by atoms with E-state index in [0.717, 1.165) is 109 Å². The van der Waals surface area contributed by atoms with Crippen molar-refractivity contribution in [2.45, 2.75) is 258 Å². The van der Waals surface area contributed by atoms with E-state index < -0.39 is 6.10 Å². The van der Waals surface area contributed by atoms with Crippen molar-refractivity contribution >= 4 is 17.9 Å². The van der Waals surface area contributed by atoms with Crippen molar-refractivity contribution in [3.8, 4) is 0 Å². The zero-order chi connectivity index (χ0) is 44.4. The number of hydrogen-bond donors (Lipinski definition) is 0. The van der Waals surface area contributed by atoms with E-state index in [9.17, 15) is 14.4 Å². The quantitative estimate of drug-likeness (QED) is 0.0263. The highest BCUT2D eigenvalue weighted by Crippen LogP contribution is 2.14. The lowest BCUT2D eigenvalue weighted by molar-refractivity contribution is -0.167. The molecule has 0 saturated carbocycles. The van der Waals surface area contributed by atoms with Gasteiger partial charge >= 0.3 is 17.9 Å². The smallest absolute Gasteiger partial charge is 0.306 e. The van der Waals surface area contributed by atoms with E-state index in [1.54, 1.807) is 0 Å².